The molecule has 4 nitrogen and oxygen atoms in total. The Hall–Kier alpha value is -1.58. The molecule has 18 heavy (non-hydrogen) atoms. The van der Waals surface area contributed by atoms with Crippen LogP contribution in [-0.2, 0) is 0 Å². The maximum Gasteiger partial charge on any atom is 0.335 e. The molecule has 0 radical (unpaired) electrons. The van der Waals surface area contributed by atoms with Gasteiger partial charge < -0.3 is 10.4 Å². The van der Waals surface area contributed by atoms with Crippen LogP contribution >= 0.6 is 0 Å². The Morgan fingerprint density at radius 1 is 1.44 bits per heavy atom. The number of carbonyl (C=O) groups is 1. The first-order valence-electron chi connectivity index (χ1n) is 6.28. The van der Waals surface area contributed by atoms with Crippen LogP contribution in [0.2, 0.25) is 0 Å². The van der Waals surface area contributed by atoms with E-state index < -0.39 is 5.97 Å². The molecule has 0 amide bonds. The third-order valence-corrected chi connectivity index (χ3v) is 3.03. The largest absolute Gasteiger partial charge is 0.478 e. The first-order chi connectivity index (χ1) is 8.25. The van der Waals surface area contributed by atoms with Crippen molar-refractivity contribution >= 4 is 11.8 Å². The number of hydrogen-bond donors (Lipinski definition) is 2. The summed E-state index contributed by atoms with van der Waals surface area (Å²) in [4.78, 5) is 15.6. The van der Waals surface area contributed by atoms with Gasteiger partial charge in [-0.15, -0.1) is 0 Å². The van der Waals surface area contributed by atoms with Gasteiger partial charge in [-0.25, -0.2) is 9.78 Å². The van der Waals surface area contributed by atoms with Crippen molar-refractivity contribution in [2.75, 3.05) is 5.32 Å². The van der Waals surface area contributed by atoms with Crippen LogP contribution in [0, 0.1) is 0 Å². The minimum absolute atomic E-state index is 0.0988. The van der Waals surface area contributed by atoms with Crippen LogP contribution in [0.25, 0.3) is 0 Å². The monoisotopic (exact) mass is 250 g/mol. The fourth-order valence-electron chi connectivity index (χ4n) is 1.47. The molecule has 0 bridgehead atoms. The number of carboxylic acid groups (broad SMARTS) is 1. The van der Waals surface area contributed by atoms with E-state index >= 15 is 0 Å². The molecule has 0 spiro atoms. The van der Waals surface area contributed by atoms with E-state index in [4.69, 9.17) is 5.11 Å². The third kappa shape index (κ3) is 3.72. The quantitative estimate of drug-likeness (QED) is 0.839. The number of pyridine rings is 1. The van der Waals surface area contributed by atoms with Gasteiger partial charge in [0.05, 0.1) is 5.56 Å². The van der Waals surface area contributed by atoms with Gasteiger partial charge in [-0.2, -0.15) is 0 Å². The zero-order valence-electron chi connectivity index (χ0n) is 11.7. The second-order valence-electron chi connectivity index (χ2n) is 5.49. The third-order valence-electron chi connectivity index (χ3n) is 3.03. The lowest BCUT2D eigenvalue weighted by molar-refractivity contribution is 0.0696. The van der Waals surface area contributed by atoms with E-state index in [2.05, 4.69) is 31.1 Å². The Morgan fingerprint density at radius 3 is 2.50 bits per heavy atom. The van der Waals surface area contributed by atoms with Crippen molar-refractivity contribution in [2.45, 2.75) is 52.5 Å². The molecule has 4 heteroatoms. The Morgan fingerprint density at radius 2 is 2.06 bits per heavy atom. The van der Waals surface area contributed by atoms with Crippen LogP contribution in [0.15, 0.2) is 12.1 Å². The molecule has 0 aromatic carbocycles. The van der Waals surface area contributed by atoms with Gasteiger partial charge in [0.2, 0.25) is 0 Å². The highest BCUT2D eigenvalue weighted by atomic mass is 16.4. The Kier molecular flexibility index (Phi) is 4.33. The first kappa shape index (κ1) is 14.5. The number of aromatic nitrogens is 1. The summed E-state index contributed by atoms with van der Waals surface area (Å²) in [6, 6.07) is 3.22. The maximum absolute atomic E-state index is 11.1. The fourth-order valence-corrected chi connectivity index (χ4v) is 1.47. The van der Waals surface area contributed by atoms with Crippen molar-refractivity contribution in [3.05, 3.63) is 23.4 Å². The molecule has 100 valence electrons. The Labute approximate surface area is 108 Å². The smallest absolute Gasteiger partial charge is 0.335 e. The first-order valence-corrected chi connectivity index (χ1v) is 6.28. The van der Waals surface area contributed by atoms with Crippen LogP contribution in [0.1, 0.15) is 63.0 Å². The molecule has 1 aromatic heterocycles. The second-order valence-corrected chi connectivity index (χ2v) is 5.49. The number of rotatable bonds is 5. The summed E-state index contributed by atoms with van der Waals surface area (Å²) in [7, 11) is 0. The molecule has 0 unspecified atom stereocenters. The lowest BCUT2D eigenvalue weighted by Crippen LogP contribution is -2.30. The van der Waals surface area contributed by atoms with Gasteiger partial charge in [0.25, 0.3) is 0 Å². The van der Waals surface area contributed by atoms with Gasteiger partial charge in [-0.05, 0) is 38.3 Å². The van der Waals surface area contributed by atoms with Gasteiger partial charge in [0.1, 0.15) is 5.82 Å². The van der Waals surface area contributed by atoms with E-state index in [1.807, 2.05) is 13.8 Å². The van der Waals surface area contributed by atoms with Gasteiger partial charge in [0.15, 0.2) is 0 Å². The number of nitrogens with zero attached hydrogens (tertiary/aromatic N) is 1. The van der Waals surface area contributed by atoms with Crippen molar-refractivity contribution < 1.29 is 9.90 Å². The standard InChI is InChI=1S/C14H22N2O2/c1-6-14(4,5)16-12-8-10(13(17)18)7-11(15-12)9(2)3/h7-9H,6H2,1-5H3,(H,15,16)(H,17,18). The Bertz CT molecular complexity index is 439. The highest BCUT2D eigenvalue weighted by Gasteiger charge is 2.17. The average Bonchev–Trinajstić information content (AvgIpc) is 2.27. The van der Waals surface area contributed by atoms with Crippen LogP contribution in [-0.4, -0.2) is 21.6 Å². The van der Waals surface area contributed by atoms with Crippen molar-refractivity contribution in [1.29, 1.82) is 0 Å². The molecule has 1 rings (SSSR count). The van der Waals surface area contributed by atoms with Crippen molar-refractivity contribution in [1.82, 2.24) is 4.98 Å². The lowest BCUT2D eigenvalue weighted by atomic mass is 10.0. The number of carboxylic acids is 1. The summed E-state index contributed by atoms with van der Waals surface area (Å²) in [6.45, 7) is 10.2. The predicted octanol–water partition coefficient (Wildman–Crippen LogP) is 3.50. The fraction of sp³-hybridized carbons (Fsp3) is 0.571. The van der Waals surface area contributed by atoms with E-state index in [0.717, 1.165) is 12.1 Å². The summed E-state index contributed by atoms with van der Waals surface area (Å²) < 4.78 is 0. The van der Waals surface area contributed by atoms with Crippen molar-refractivity contribution in [3.8, 4) is 0 Å². The molecule has 0 saturated carbocycles. The predicted molar refractivity (Wildman–Crippen MR) is 73.3 cm³/mol. The summed E-state index contributed by atoms with van der Waals surface area (Å²) in [6.07, 6.45) is 0.934. The molecule has 0 aliphatic carbocycles. The van der Waals surface area contributed by atoms with Crippen LogP contribution in [0.3, 0.4) is 0 Å². The second kappa shape index (κ2) is 5.38. The lowest BCUT2D eigenvalue weighted by Gasteiger charge is -2.25. The zero-order valence-corrected chi connectivity index (χ0v) is 11.7. The van der Waals surface area contributed by atoms with E-state index in [-0.39, 0.29) is 17.0 Å². The number of aromatic carboxylic acids is 1. The van der Waals surface area contributed by atoms with Crippen molar-refractivity contribution in [2.24, 2.45) is 0 Å². The van der Waals surface area contributed by atoms with Gasteiger partial charge in [0, 0.05) is 11.2 Å². The van der Waals surface area contributed by atoms with E-state index in [1.165, 1.54) is 0 Å². The topological polar surface area (TPSA) is 62.2 Å². The maximum atomic E-state index is 11.1. The SMILES string of the molecule is CCC(C)(C)Nc1cc(C(=O)O)cc(C(C)C)n1. The summed E-state index contributed by atoms with van der Waals surface area (Å²) in [5.41, 5.74) is 0.977. The molecule has 0 saturated heterocycles. The van der Waals surface area contributed by atoms with Gasteiger partial charge in [-0.3, -0.25) is 0 Å². The van der Waals surface area contributed by atoms with Crippen LogP contribution in [0.4, 0.5) is 5.82 Å². The highest BCUT2D eigenvalue weighted by molar-refractivity contribution is 5.88. The van der Waals surface area contributed by atoms with Gasteiger partial charge in [-0.1, -0.05) is 20.8 Å². The zero-order chi connectivity index (χ0) is 13.9. The average molecular weight is 250 g/mol. The summed E-state index contributed by atoms with van der Waals surface area (Å²) in [5, 5.41) is 12.4. The molecule has 2 N–H and O–H groups in total. The normalized spacial score (nSPS) is 11.7. The summed E-state index contributed by atoms with van der Waals surface area (Å²) in [5.74, 6) is -0.0864. The van der Waals surface area contributed by atoms with E-state index in [0.29, 0.717) is 5.82 Å². The minimum Gasteiger partial charge on any atom is -0.478 e. The van der Waals surface area contributed by atoms with Crippen LogP contribution in [0.5, 0.6) is 0 Å². The molecule has 0 aliphatic heterocycles. The van der Waals surface area contributed by atoms with E-state index in [9.17, 15) is 4.79 Å². The highest BCUT2D eigenvalue weighted by Crippen LogP contribution is 2.21. The Balaban J connectivity index is 3.15. The number of nitrogens with one attached hydrogen (secondary N) is 1. The molecule has 1 aromatic rings. The molecule has 0 aliphatic rings. The molecule has 1 heterocycles. The molecular weight excluding hydrogens is 228 g/mol. The number of hydrogen-bond acceptors (Lipinski definition) is 3. The number of anilines is 1. The minimum atomic E-state index is -0.920. The van der Waals surface area contributed by atoms with Gasteiger partial charge >= 0.3 is 5.97 Å². The molecule has 0 atom stereocenters. The molecular formula is C14H22N2O2. The van der Waals surface area contributed by atoms with E-state index in [1.54, 1.807) is 12.1 Å². The summed E-state index contributed by atoms with van der Waals surface area (Å²) >= 11 is 0. The van der Waals surface area contributed by atoms with Crippen LogP contribution < -0.4 is 5.32 Å². The van der Waals surface area contributed by atoms with Crippen molar-refractivity contribution in [3.63, 3.8) is 0 Å². The molecule has 0 fully saturated rings.